The molecule has 0 saturated carbocycles. The van der Waals surface area contributed by atoms with Gasteiger partial charge >= 0.3 is 0 Å². The van der Waals surface area contributed by atoms with Crippen molar-refractivity contribution >= 4 is 29.0 Å². The monoisotopic (exact) mass is 600 g/mol. The minimum atomic E-state index is -1.39. The summed E-state index contributed by atoms with van der Waals surface area (Å²) in [6.07, 6.45) is 0.204. The molecule has 43 heavy (non-hydrogen) atoms. The van der Waals surface area contributed by atoms with Gasteiger partial charge < -0.3 is 25.6 Å². The van der Waals surface area contributed by atoms with E-state index in [-0.39, 0.29) is 52.8 Å². The predicted molar refractivity (Wildman–Crippen MR) is 154 cm³/mol. The molecule has 3 rings (SSSR count). The van der Waals surface area contributed by atoms with Crippen molar-refractivity contribution in [3.63, 3.8) is 0 Å². The maximum Gasteiger partial charge on any atom is 0.272 e. The molecule has 2 aromatic carbocycles. The molecule has 0 radical (unpaired) electrons. The molecule has 0 spiro atoms. The minimum Gasteiger partial charge on any atom is -0.394 e. The third kappa shape index (κ3) is 7.97. The Morgan fingerprint density at radius 1 is 0.953 bits per heavy atom. The smallest absolute Gasteiger partial charge is 0.272 e. The van der Waals surface area contributed by atoms with Gasteiger partial charge in [-0.15, -0.1) is 0 Å². The molecule has 1 unspecified atom stereocenters. The molecule has 14 heteroatoms. The first kappa shape index (κ1) is 33.2. The molecule has 1 heterocycles. The van der Waals surface area contributed by atoms with E-state index in [9.17, 15) is 44.8 Å². The van der Waals surface area contributed by atoms with Crippen LogP contribution in [-0.2, 0) is 9.53 Å². The van der Waals surface area contributed by atoms with E-state index < -0.39 is 58.5 Å². The molecule has 4 atom stereocenters. The van der Waals surface area contributed by atoms with Crippen molar-refractivity contribution in [3.05, 3.63) is 78.9 Å². The lowest BCUT2D eigenvalue weighted by Crippen LogP contribution is -2.55. The average Bonchev–Trinajstić information content (AvgIpc) is 3.74. The molecule has 2 amide bonds. The van der Waals surface area contributed by atoms with Crippen molar-refractivity contribution in [1.82, 2.24) is 10.6 Å². The number of Topliss-reactive ketones (excluding diaryl/α,β-unsaturated/α-hetero) is 1. The molecule has 0 aromatic heterocycles. The zero-order chi connectivity index (χ0) is 32.1. The molecule has 232 valence electrons. The van der Waals surface area contributed by atoms with Gasteiger partial charge in [-0.2, -0.15) is 0 Å². The van der Waals surface area contributed by atoms with E-state index in [0.29, 0.717) is 12.0 Å². The van der Waals surface area contributed by atoms with E-state index in [1.54, 1.807) is 0 Å². The molecular weight excluding hydrogens is 564 g/mol. The van der Waals surface area contributed by atoms with Gasteiger partial charge in [0.25, 0.3) is 17.3 Å². The van der Waals surface area contributed by atoms with Crippen LogP contribution in [0, 0.1) is 45.9 Å². The molecule has 14 nitrogen and oxygen atoms in total. The molecule has 0 aliphatic carbocycles. The summed E-state index contributed by atoms with van der Waals surface area (Å²) in [6, 6.07) is 5.64. The number of aliphatic hydroxyl groups excluding tert-OH is 2. The van der Waals surface area contributed by atoms with Crippen LogP contribution in [0.25, 0.3) is 0 Å². The number of aliphatic hydroxyl groups is 2. The molecular formula is C29H36N4O10. The fourth-order valence-electron chi connectivity index (χ4n) is 5.11. The number of rotatable bonds is 15. The van der Waals surface area contributed by atoms with Gasteiger partial charge in [0.2, 0.25) is 5.91 Å². The van der Waals surface area contributed by atoms with Crippen LogP contribution in [0.5, 0.6) is 0 Å². The van der Waals surface area contributed by atoms with E-state index in [1.165, 1.54) is 50.2 Å². The molecule has 1 saturated heterocycles. The maximum absolute atomic E-state index is 13.4. The van der Waals surface area contributed by atoms with Crippen LogP contribution in [-0.4, -0.2) is 75.2 Å². The van der Waals surface area contributed by atoms with Crippen molar-refractivity contribution < 1.29 is 39.2 Å². The standard InChI is InChI=1S/C29H36N4O10/c1-16(2)9-22(30-28(38)23(13-34)31-27(37)20-6-8-25(33(41)42)18(4)11-20)21(29(14-35)15-43-29)12-26(36)19-5-7-24(32(39)40)17(3)10-19/h5-8,10-11,16,21-23,34-35H,9,12-15H2,1-4H3,(H,30,38)(H,31,37)/t21?,22-,23-,29+/m0/s1. The first-order valence-corrected chi connectivity index (χ1v) is 13.7. The number of epoxide rings is 1. The summed E-state index contributed by atoms with van der Waals surface area (Å²) in [5, 5.41) is 47.7. The summed E-state index contributed by atoms with van der Waals surface area (Å²) < 4.78 is 5.60. The largest absolute Gasteiger partial charge is 0.394 e. The lowest BCUT2D eigenvalue weighted by molar-refractivity contribution is -0.385. The number of nitro groups is 2. The number of ether oxygens (including phenoxy) is 1. The van der Waals surface area contributed by atoms with Crippen LogP contribution in [0.4, 0.5) is 11.4 Å². The number of carbonyl (C=O) groups is 3. The number of aryl methyl sites for hydroxylation is 2. The van der Waals surface area contributed by atoms with Crippen molar-refractivity contribution in [1.29, 1.82) is 0 Å². The maximum atomic E-state index is 13.4. The predicted octanol–water partition coefficient (Wildman–Crippen LogP) is 2.39. The molecule has 4 N–H and O–H groups in total. The summed E-state index contributed by atoms with van der Waals surface area (Å²) in [6.45, 7) is 5.76. The molecule has 1 aliphatic rings. The zero-order valence-corrected chi connectivity index (χ0v) is 24.4. The summed E-state index contributed by atoms with van der Waals surface area (Å²) in [5.41, 5.74) is -0.564. The second kappa shape index (κ2) is 13.8. The fraction of sp³-hybridized carbons (Fsp3) is 0.483. The first-order chi connectivity index (χ1) is 20.2. The van der Waals surface area contributed by atoms with Crippen LogP contribution < -0.4 is 10.6 Å². The number of nitro benzene ring substituents is 2. The zero-order valence-electron chi connectivity index (χ0n) is 24.4. The number of nitrogens with zero attached hydrogens (tertiary/aromatic N) is 2. The number of carbonyl (C=O) groups excluding carboxylic acids is 3. The van der Waals surface area contributed by atoms with Crippen LogP contribution >= 0.6 is 0 Å². The summed E-state index contributed by atoms with van der Waals surface area (Å²) in [5.74, 6) is -2.53. The van der Waals surface area contributed by atoms with Crippen LogP contribution in [0.2, 0.25) is 0 Å². The third-order valence-corrected chi connectivity index (χ3v) is 7.58. The van der Waals surface area contributed by atoms with Gasteiger partial charge in [0.05, 0.1) is 29.7 Å². The average molecular weight is 601 g/mol. The Morgan fingerprint density at radius 2 is 1.49 bits per heavy atom. The van der Waals surface area contributed by atoms with Crippen LogP contribution in [0.15, 0.2) is 36.4 Å². The Labute approximate surface area is 247 Å². The topological polar surface area (TPSA) is 215 Å². The lowest BCUT2D eigenvalue weighted by atomic mass is 9.78. The summed E-state index contributed by atoms with van der Waals surface area (Å²) >= 11 is 0. The van der Waals surface area contributed by atoms with Gasteiger partial charge in [-0.3, -0.25) is 34.6 Å². The van der Waals surface area contributed by atoms with Gasteiger partial charge in [-0.1, -0.05) is 13.8 Å². The summed E-state index contributed by atoms with van der Waals surface area (Å²) in [7, 11) is 0. The highest BCUT2D eigenvalue weighted by Gasteiger charge is 2.54. The SMILES string of the molecule is Cc1cc(C(=O)CC([C@H](CC(C)C)NC(=O)[C@H](CO)NC(=O)c2ccc([N+](=O)[O-])c(C)c2)[C@@]2(CO)CO2)ccc1[N+](=O)[O-]. The second-order valence-corrected chi connectivity index (χ2v) is 11.2. The Kier molecular flexibility index (Phi) is 10.7. The normalized spacial score (nSPS) is 17.9. The molecule has 1 fully saturated rings. The van der Waals surface area contributed by atoms with Gasteiger partial charge in [-0.05, 0) is 50.5 Å². The van der Waals surface area contributed by atoms with Crippen molar-refractivity contribution in [3.8, 4) is 0 Å². The van der Waals surface area contributed by atoms with E-state index in [2.05, 4.69) is 10.6 Å². The highest BCUT2D eigenvalue weighted by molar-refractivity contribution is 5.98. The Bertz CT molecular complexity index is 1410. The van der Waals surface area contributed by atoms with E-state index in [4.69, 9.17) is 4.74 Å². The number of amides is 2. The van der Waals surface area contributed by atoms with Gasteiger partial charge in [0, 0.05) is 52.8 Å². The number of hydrogen-bond acceptors (Lipinski definition) is 10. The Hall–Kier alpha value is -4.27. The molecule has 1 aliphatic heterocycles. The van der Waals surface area contributed by atoms with Gasteiger partial charge in [0.15, 0.2) is 5.78 Å². The van der Waals surface area contributed by atoms with E-state index in [0.717, 1.165) is 0 Å². The highest BCUT2D eigenvalue weighted by atomic mass is 16.6. The van der Waals surface area contributed by atoms with E-state index in [1.807, 2.05) is 13.8 Å². The number of nitrogens with one attached hydrogen (secondary N) is 2. The number of ketones is 1. The van der Waals surface area contributed by atoms with Gasteiger partial charge in [0.1, 0.15) is 11.6 Å². The summed E-state index contributed by atoms with van der Waals surface area (Å²) in [4.78, 5) is 60.8. The van der Waals surface area contributed by atoms with Crippen LogP contribution in [0.3, 0.4) is 0 Å². The Morgan fingerprint density at radius 3 is 1.93 bits per heavy atom. The van der Waals surface area contributed by atoms with Crippen molar-refractivity contribution in [2.45, 2.75) is 58.2 Å². The van der Waals surface area contributed by atoms with Crippen molar-refractivity contribution in [2.24, 2.45) is 11.8 Å². The van der Waals surface area contributed by atoms with E-state index >= 15 is 0 Å². The fourth-order valence-corrected chi connectivity index (χ4v) is 5.11. The first-order valence-electron chi connectivity index (χ1n) is 13.7. The quantitative estimate of drug-likeness (QED) is 0.101. The Balaban J connectivity index is 1.83. The number of benzene rings is 2. The minimum absolute atomic E-state index is 0.0178. The van der Waals surface area contributed by atoms with Crippen molar-refractivity contribution in [2.75, 3.05) is 19.8 Å². The second-order valence-electron chi connectivity index (χ2n) is 11.2. The molecule has 0 bridgehead atoms. The molecule has 2 aromatic rings. The highest BCUT2D eigenvalue weighted by Crippen LogP contribution is 2.41. The lowest BCUT2D eigenvalue weighted by Gasteiger charge is -2.33. The van der Waals surface area contributed by atoms with Crippen LogP contribution in [0.1, 0.15) is 58.5 Å². The van der Waals surface area contributed by atoms with Gasteiger partial charge in [-0.25, -0.2) is 0 Å². The third-order valence-electron chi connectivity index (χ3n) is 7.58. The number of hydrogen-bond donors (Lipinski definition) is 4.